The lowest BCUT2D eigenvalue weighted by Gasteiger charge is -2.03. The topological polar surface area (TPSA) is 60.2 Å². The smallest absolute Gasteiger partial charge is 0.178 e. The highest BCUT2D eigenvalue weighted by molar-refractivity contribution is 7.91. The molecule has 0 spiro atoms. The van der Waals surface area contributed by atoms with Crippen LogP contribution in [0, 0.1) is 6.92 Å². The SMILES string of the molecule is Cc1ccc(S(=O)(=O)CCCC=CCCN)cc1. The van der Waals surface area contributed by atoms with Gasteiger partial charge in [-0.25, -0.2) is 8.42 Å². The minimum Gasteiger partial charge on any atom is -0.330 e. The summed E-state index contributed by atoms with van der Waals surface area (Å²) >= 11 is 0. The molecule has 0 aromatic heterocycles. The molecule has 0 saturated carbocycles. The highest BCUT2D eigenvalue weighted by Crippen LogP contribution is 2.13. The van der Waals surface area contributed by atoms with Gasteiger partial charge < -0.3 is 5.73 Å². The van der Waals surface area contributed by atoms with Crippen molar-refractivity contribution >= 4 is 9.84 Å². The maximum atomic E-state index is 12.0. The fourth-order valence-corrected chi connectivity index (χ4v) is 2.92. The van der Waals surface area contributed by atoms with Crippen LogP contribution in [0.5, 0.6) is 0 Å². The first-order chi connectivity index (χ1) is 8.56. The highest BCUT2D eigenvalue weighted by atomic mass is 32.2. The summed E-state index contributed by atoms with van der Waals surface area (Å²) in [6.07, 6.45) is 6.28. The predicted octanol–water partition coefficient (Wildman–Crippen LogP) is 2.45. The van der Waals surface area contributed by atoms with Crippen LogP contribution in [0.2, 0.25) is 0 Å². The molecule has 0 amide bonds. The Hall–Kier alpha value is -1.13. The van der Waals surface area contributed by atoms with Crippen molar-refractivity contribution in [2.24, 2.45) is 5.73 Å². The fourth-order valence-electron chi connectivity index (χ4n) is 1.59. The molecule has 1 aromatic rings. The zero-order valence-electron chi connectivity index (χ0n) is 10.8. The van der Waals surface area contributed by atoms with Gasteiger partial charge in [0.1, 0.15) is 0 Å². The van der Waals surface area contributed by atoms with Crippen LogP contribution in [0.4, 0.5) is 0 Å². The van der Waals surface area contributed by atoms with Gasteiger partial charge in [0.05, 0.1) is 10.6 Å². The van der Waals surface area contributed by atoms with Gasteiger partial charge in [0.25, 0.3) is 0 Å². The molecular weight excluding hydrogens is 246 g/mol. The van der Waals surface area contributed by atoms with E-state index in [0.29, 0.717) is 17.9 Å². The average Bonchev–Trinajstić information content (AvgIpc) is 2.34. The predicted molar refractivity (Wildman–Crippen MR) is 75.3 cm³/mol. The van der Waals surface area contributed by atoms with Crippen LogP contribution in [0.25, 0.3) is 0 Å². The first-order valence-electron chi connectivity index (χ1n) is 6.21. The Morgan fingerprint density at radius 2 is 1.72 bits per heavy atom. The van der Waals surface area contributed by atoms with Gasteiger partial charge in [0.15, 0.2) is 9.84 Å². The molecule has 1 rings (SSSR count). The standard InChI is InChI=1S/C14H21NO2S/c1-13-7-9-14(10-8-13)18(16,17)12-6-4-2-3-5-11-15/h2-3,7-10H,4-6,11-12,15H2,1H3. The first kappa shape index (κ1) is 14.9. The number of aryl methyl sites for hydroxylation is 1. The Kier molecular flexibility index (Phi) is 6.09. The lowest BCUT2D eigenvalue weighted by molar-refractivity contribution is 0.593. The molecule has 2 N–H and O–H groups in total. The summed E-state index contributed by atoms with van der Waals surface area (Å²) < 4.78 is 24.0. The summed E-state index contributed by atoms with van der Waals surface area (Å²) in [6, 6.07) is 7.01. The van der Waals surface area contributed by atoms with Crippen LogP contribution in [0.1, 0.15) is 24.8 Å². The van der Waals surface area contributed by atoms with Gasteiger partial charge in [-0.2, -0.15) is 0 Å². The van der Waals surface area contributed by atoms with Crippen LogP contribution in [-0.2, 0) is 9.84 Å². The van der Waals surface area contributed by atoms with Crippen LogP contribution in [0.15, 0.2) is 41.3 Å². The number of benzene rings is 1. The van der Waals surface area contributed by atoms with Crippen molar-refractivity contribution < 1.29 is 8.42 Å². The zero-order valence-corrected chi connectivity index (χ0v) is 11.6. The number of rotatable bonds is 7. The van der Waals surface area contributed by atoms with E-state index >= 15 is 0 Å². The number of nitrogens with two attached hydrogens (primary N) is 1. The Labute approximate surface area is 110 Å². The average molecular weight is 267 g/mol. The van der Waals surface area contributed by atoms with Gasteiger partial charge in [-0.05, 0) is 44.9 Å². The fraction of sp³-hybridized carbons (Fsp3) is 0.429. The van der Waals surface area contributed by atoms with E-state index in [0.717, 1.165) is 18.4 Å². The molecule has 100 valence electrons. The lowest BCUT2D eigenvalue weighted by atomic mass is 10.2. The van der Waals surface area contributed by atoms with Crippen molar-refractivity contribution in [2.75, 3.05) is 12.3 Å². The second-order valence-corrected chi connectivity index (χ2v) is 6.43. The van der Waals surface area contributed by atoms with E-state index in [-0.39, 0.29) is 5.75 Å². The number of hydrogen-bond acceptors (Lipinski definition) is 3. The molecule has 0 atom stereocenters. The van der Waals surface area contributed by atoms with Gasteiger partial charge in [-0.15, -0.1) is 0 Å². The molecule has 0 aliphatic carbocycles. The summed E-state index contributed by atoms with van der Waals surface area (Å²) in [5.41, 5.74) is 6.42. The van der Waals surface area contributed by atoms with E-state index in [4.69, 9.17) is 5.73 Å². The molecule has 0 fully saturated rings. The Bertz CT molecular complexity index is 475. The van der Waals surface area contributed by atoms with Gasteiger partial charge >= 0.3 is 0 Å². The minimum atomic E-state index is -3.13. The van der Waals surface area contributed by atoms with E-state index in [1.165, 1.54) is 0 Å². The van der Waals surface area contributed by atoms with Crippen LogP contribution in [0.3, 0.4) is 0 Å². The lowest BCUT2D eigenvalue weighted by Crippen LogP contribution is -2.06. The largest absolute Gasteiger partial charge is 0.330 e. The van der Waals surface area contributed by atoms with Crippen molar-refractivity contribution in [3.63, 3.8) is 0 Å². The van der Waals surface area contributed by atoms with Crippen LogP contribution in [-0.4, -0.2) is 20.7 Å². The van der Waals surface area contributed by atoms with Crippen molar-refractivity contribution in [1.82, 2.24) is 0 Å². The van der Waals surface area contributed by atoms with Crippen molar-refractivity contribution in [1.29, 1.82) is 0 Å². The summed E-state index contributed by atoms with van der Waals surface area (Å²) in [4.78, 5) is 0.416. The number of hydrogen-bond donors (Lipinski definition) is 1. The normalized spacial score (nSPS) is 12.1. The molecule has 3 nitrogen and oxygen atoms in total. The minimum absolute atomic E-state index is 0.197. The van der Waals surface area contributed by atoms with E-state index in [1.807, 2.05) is 31.2 Å². The Morgan fingerprint density at radius 3 is 2.33 bits per heavy atom. The third-order valence-electron chi connectivity index (χ3n) is 2.66. The molecule has 0 heterocycles. The van der Waals surface area contributed by atoms with Crippen molar-refractivity contribution in [3.05, 3.63) is 42.0 Å². The number of unbranched alkanes of at least 4 members (excludes halogenated alkanes) is 1. The van der Waals surface area contributed by atoms with Crippen LogP contribution >= 0.6 is 0 Å². The molecule has 0 radical (unpaired) electrons. The number of sulfone groups is 1. The van der Waals surface area contributed by atoms with Gasteiger partial charge in [0, 0.05) is 0 Å². The van der Waals surface area contributed by atoms with E-state index in [2.05, 4.69) is 0 Å². The molecular formula is C14H21NO2S. The third-order valence-corrected chi connectivity index (χ3v) is 4.48. The maximum absolute atomic E-state index is 12.0. The van der Waals surface area contributed by atoms with Gasteiger partial charge in [0.2, 0.25) is 0 Å². The number of allylic oxidation sites excluding steroid dienone is 1. The second-order valence-electron chi connectivity index (χ2n) is 4.32. The quantitative estimate of drug-likeness (QED) is 0.610. The van der Waals surface area contributed by atoms with Crippen LogP contribution < -0.4 is 5.73 Å². The summed E-state index contributed by atoms with van der Waals surface area (Å²) in [7, 11) is -3.13. The zero-order chi connectivity index (χ0) is 13.4. The summed E-state index contributed by atoms with van der Waals surface area (Å²) in [6.45, 7) is 2.58. The monoisotopic (exact) mass is 267 g/mol. The molecule has 4 heteroatoms. The van der Waals surface area contributed by atoms with Gasteiger partial charge in [-0.1, -0.05) is 29.8 Å². The van der Waals surface area contributed by atoms with Crippen molar-refractivity contribution in [3.8, 4) is 0 Å². The van der Waals surface area contributed by atoms with Crippen molar-refractivity contribution in [2.45, 2.75) is 31.1 Å². The first-order valence-corrected chi connectivity index (χ1v) is 7.86. The highest BCUT2D eigenvalue weighted by Gasteiger charge is 2.12. The Morgan fingerprint density at radius 1 is 1.11 bits per heavy atom. The third kappa shape index (κ3) is 5.02. The molecule has 0 aliphatic heterocycles. The van der Waals surface area contributed by atoms with E-state index in [1.54, 1.807) is 12.1 Å². The second kappa shape index (κ2) is 7.34. The maximum Gasteiger partial charge on any atom is 0.178 e. The summed E-state index contributed by atoms with van der Waals surface area (Å²) in [5, 5.41) is 0. The molecule has 1 aromatic carbocycles. The van der Waals surface area contributed by atoms with E-state index in [9.17, 15) is 8.42 Å². The molecule has 0 bridgehead atoms. The van der Waals surface area contributed by atoms with E-state index < -0.39 is 9.84 Å². The molecule has 0 saturated heterocycles. The van der Waals surface area contributed by atoms with Gasteiger partial charge in [-0.3, -0.25) is 0 Å². The summed E-state index contributed by atoms with van der Waals surface area (Å²) in [5.74, 6) is 0.197. The molecule has 0 aliphatic rings. The molecule has 0 unspecified atom stereocenters. The Balaban J connectivity index is 2.48. The molecule has 18 heavy (non-hydrogen) atoms.